The topological polar surface area (TPSA) is 55.8 Å². The summed E-state index contributed by atoms with van der Waals surface area (Å²) in [5.41, 5.74) is 1.14. The molecule has 0 radical (unpaired) electrons. The van der Waals surface area contributed by atoms with Gasteiger partial charge in [-0.2, -0.15) is 0 Å². The van der Waals surface area contributed by atoms with E-state index in [1.54, 1.807) is 24.3 Å². The van der Waals surface area contributed by atoms with E-state index in [0.29, 0.717) is 12.5 Å². The first-order valence-corrected chi connectivity index (χ1v) is 6.72. The van der Waals surface area contributed by atoms with E-state index in [9.17, 15) is 4.79 Å². The molecule has 1 aliphatic heterocycles. The van der Waals surface area contributed by atoms with Gasteiger partial charge in [0.25, 0.3) is 0 Å². The second-order valence-electron chi connectivity index (χ2n) is 4.98. The lowest BCUT2D eigenvalue weighted by Gasteiger charge is -2.34. The zero-order chi connectivity index (χ0) is 13.8. The molecule has 0 aliphatic carbocycles. The fourth-order valence-electron chi connectivity index (χ4n) is 2.34. The van der Waals surface area contributed by atoms with Crippen LogP contribution in [0.5, 0.6) is 0 Å². The van der Waals surface area contributed by atoms with Crippen LogP contribution in [0.25, 0.3) is 0 Å². The van der Waals surface area contributed by atoms with Gasteiger partial charge in [-0.05, 0) is 25.5 Å². The molecule has 1 saturated heterocycles. The van der Waals surface area contributed by atoms with E-state index in [4.69, 9.17) is 14.6 Å². The summed E-state index contributed by atoms with van der Waals surface area (Å²) < 4.78 is 11.6. The molecular weight excluding hydrogens is 244 g/mol. The highest BCUT2D eigenvalue weighted by molar-refractivity contribution is 5.87. The zero-order valence-corrected chi connectivity index (χ0v) is 11.3. The van der Waals surface area contributed by atoms with E-state index in [2.05, 4.69) is 13.8 Å². The molecule has 3 unspecified atom stereocenters. The van der Waals surface area contributed by atoms with Gasteiger partial charge in [0.15, 0.2) is 6.29 Å². The molecule has 0 spiro atoms. The lowest BCUT2D eigenvalue weighted by atomic mass is 9.98. The molecule has 1 N–H and O–H groups in total. The molecule has 0 saturated carbocycles. The zero-order valence-electron chi connectivity index (χ0n) is 11.3. The molecule has 104 valence electrons. The van der Waals surface area contributed by atoms with Crippen molar-refractivity contribution in [2.24, 2.45) is 5.92 Å². The largest absolute Gasteiger partial charge is 0.478 e. The van der Waals surface area contributed by atoms with Crippen molar-refractivity contribution < 1.29 is 19.4 Å². The number of ether oxygens (including phenoxy) is 2. The Morgan fingerprint density at radius 2 is 2.05 bits per heavy atom. The van der Waals surface area contributed by atoms with Gasteiger partial charge in [0.1, 0.15) is 0 Å². The molecule has 1 aromatic rings. The van der Waals surface area contributed by atoms with Crippen LogP contribution in [-0.2, 0) is 9.47 Å². The first kappa shape index (κ1) is 14.0. The van der Waals surface area contributed by atoms with Gasteiger partial charge in [0, 0.05) is 11.5 Å². The van der Waals surface area contributed by atoms with Gasteiger partial charge < -0.3 is 14.6 Å². The minimum atomic E-state index is -0.923. The Morgan fingerprint density at radius 1 is 1.37 bits per heavy atom. The average Bonchev–Trinajstić information content (AvgIpc) is 2.41. The van der Waals surface area contributed by atoms with Crippen molar-refractivity contribution in [2.45, 2.75) is 39.1 Å². The maximum Gasteiger partial charge on any atom is 0.335 e. The summed E-state index contributed by atoms with van der Waals surface area (Å²) in [6, 6.07) is 6.66. The van der Waals surface area contributed by atoms with Crippen LogP contribution in [-0.4, -0.2) is 23.8 Å². The molecule has 1 aromatic carbocycles. The van der Waals surface area contributed by atoms with Gasteiger partial charge in [-0.25, -0.2) is 4.79 Å². The highest BCUT2D eigenvalue weighted by atomic mass is 16.7. The monoisotopic (exact) mass is 264 g/mol. The van der Waals surface area contributed by atoms with E-state index in [1.807, 2.05) is 0 Å². The normalized spacial score (nSPS) is 27.2. The first-order chi connectivity index (χ1) is 9.11. The first-order valence-electron chi connectivity index (χ1n) is 6.72. The highest BCUT2D eigenvalue weighted by Gasteiger charge is 2.29. The van der Waals surface area contributed by atoms with Crippen LogP contribution in [0.15, 0.2) is 24.3 Å². The van der Waals surface area contributed by atoms with Crippen molar-refractivity contribution in [1.29, 1.82) is 0 Å². The van der Waals surface area contributed by atoms with Crippen molar-refractivity contribution in [2.75, 3.05) is 6.61 Å². The summed E-state index contributed by atoms with van der Waals surface area (Å²) in [7, 11) is 0. The van der Waals surface area contributed by atoms with Crippen LogP contribution in [0.1, 0.15) is 48.9 Å². The molecule has 4 heteroatoms. The molecule has 0 amide bonds. The lowest BCUT2D eigenvalue weighted by molar-refractivity contribution is -0.237. The number of hydrogen-bond donors (Lipinski definition) is 1. The summed E-state index contributed by atoms with van der Waals surface area (Å²) in [5.74, 6) is -0.479. The number of carboxylic acid groups (broad SMARTS) is 1. The fourth-order valence-corrected chi connectivity index (χ4v) is 2.34. The van der Waals surface area contributed by atoms with Crippen molar-refractivity contribution in [3.8, 4) is 0 Å². The van der Waals surface area contributed by atoms with Gasteiger partial charge in [-0.1, -0.05) is 25.5 Å². The van der Waals surface area contributed by atoms with Gasteiger partial charge >= 0.3 is 5.97 Å². The minimum Gasteiger partial charge on any atom is -0.478 e. The highest BCUT2D eigenvalue weighted by Crippen LogP contribution is 2.31. The smallest absolute Gasteiger partial charge is 0.335 e. The van der Waals surface area contributed by atoms with Gasteiger partial charge in [-0.15, -0.1) is 0 Å². The van der Waals surface area contributed by atoms with Crippen LogP contribution in [0, 0.1) is 5.92 Å². The summed E-state index contributed by atoms with van der Waals surface area (Å²) in [6.45, 7) is 4.92. The third-order valence-electron chi connectivity index (χ3n) is 3.55. The van der Waals surface area contributed by atoms with Crippen LogP contribution in [0.2, 0.25) is 0 Å². The van der Waals surface area contributed by atoms with Crippen LogP contribution >= 0.6 is 0 Å². The Balaban J connectivity index is 2.01. The minimum absolute atomic E-state index is 0.165. The molecule has 19 heavy (non-hydrogen) atoms. The van der Waals surface area contributed by atoms with E-state index >= 15 is 0 Å². The number of carbonyl (C=O) groups is 1. The SMILES string of the molecule is CCCC1COC(c2ccc(C(=O)O)cc2)OC1C. The molecule has 1 heterocycles. The van der Waals surface area contributed by atoms with Crippen LogP contribution in [0.3, 0.4) is 0 Å². The third kappa shape index (κ3) is 3.33. The Bertz CT molecular complexity index is 426. The van der Waals surface area contributed by atoms with Gasteiger partial charge in [-0.3, -0.25) is 0 Å². The summed E-state index contributed by atoms with van der Waals surface area (Å²) in [6.07, 6.45) is 2.01. The number of hydrogen-bond acceptors (Lipinski definition) is 3. The second kappa shape index (κ2) is 6.17. The predicted octanol–water partition coefficient (Wildman–Crippen LogP) is 3.24. The third-order valence-corrected chi connectivity index (χ3v) is 3.55. The fraction of sp³-hybridized carbons (Fsp3) is 0.533. The summed E-state index contributed by atoms with van der Waals surface area (Å²) >= 11 is 0. The molecule has 0 aromatic heterocycles. The van der Waals surface area contributed by atoms with E-state index < -0.39 is 5.97 Å². The van der Waals surface area contributed by atoms with E-state index in [-0.39, 0.29) is 18.0 Å². The Hall–Kier alpha value is -1.39. The molecule has 4 nitrogen and oxygen atoms in total. The van der Waals surface area contributed by atoms with E-state index in [1.165, 1.54) is 0 Å². The summed E-state index contributed by atoms with van der Waals surface area (Å²) in [4.78, 5) is 10.8. The Kier molecular flexibility index (Phi) is 4.56. The molecular formula is C15H20O4. The Labute approximate surface area is 113 Å². The lowest BCUT2D eigenvalue weighted by Crippen LogP contribution is -2.34. The number of aromatic carboxylic acids is 1. The quantitative estimate of drug-likeness (QED) is 0.907. The number of benzene rings is 1. The van der Waals surface area contributed by atoms with Crippen molar-refractivity contribution in [3.63, 3.8) is 0 Å². The van der Waals surface area contributed by atoms with Crippen molar-refractivity contribution >= 4 is 5.97 Å². The summed E-state index contributed by atoms with van der Waals surface area (Å²) in [5, 5.41) is 8.86. The van der Waals surface area contributed by atoms with Gasteiger partial charge in [0.2, 0.25) is 0 Å². The maximum absolute atomic E-state index is 10.8. The van der Waals surface area contributed by atoms with E-state index in [0.717, 1.165) is 18.4 Å². The van der Waals surface area contributed by atoms with Crippen molar-refractivity contribution in [3.05, 3.63) is 35.4 Å². The molecule has 2 rings (SSSR count). The van der Waals surface area contributed by atoms with Crippen LogP contribution in [0.4, 0.5) is 0 Å². The molecule has 0 bridgehead atoms. The number of rotatable bonds is 4. The van der Waals surface area contributed by atoms with Gasteiger partial charge in [0.05, 0.1) is 18.3 Å². The number of carboxylic acids is 1. The molecule has 3 atom stereocenters. The Morgan fingerprint density at radius 3 is 2.58 bits per heavy atom. The molecule has 1 aliphatic rings. The average molecular weight is 264 g/mol. The predicted molar refractivity (Wildman–Crippen MR) is 71.0 cm³/mol. The van der Waals surface area contributed by atoms with Crippen molar-refractivity contribution in [1.82, 2.24) is 0 Å². The second-order valence-corrected chi connectivity index (χ2v) is 4.98. The van der Waals surface area contributed by atoms with Crippen LogP contribution < -0.4 is 0 Å². The standard InChI is InChI=1S/C15H20O4/c1-3-4-13-9-18-15(19-10(13)2)12-7-5-11(6-8-12)14(16)17/h5-8,10,13,15H,3-4,9H2,1-2H3,(H,16,17). The molecule has 1 fully saturated rings. The maximum atomic E-state index is 10.8.